The molecule has 0 saturated carbocycles. The second kappa shape index (κ2) is 8.41. The number of benzene rings is 3. The number of pyridine rings is 1. The highest BCUT2D eigenvalue weighted by atomic mass is 79.9. The van der Waals surface area contributed by atoms with Gasteiger partial charge >= 0.3 is 0 Å². The predicted octanol–water partition coefficient (Wildman–Crippen LogP) is 6.34. The van der Waals surface area contributed by atoms with Crippen LogP contribution in [0.2, 0.25) is 0 Å². The molecule has 0 fully saturated rings. The minimum atomic E-state index is -0.432. The third-order valence-corrected chi connectivity index (χ3v) is 6.37. The zero-order chi connectivity index (χ0) is 22.2. The van der Waals surface area contributed by atoms with Crippen molar-refractivity contribution in [1.29, 1.82) is 0 Å². The van der Waals surface area contributed by atoms with Gasteiger partial charge in [-0.25, -0.2) is 0 Å². The largest absolute Gasteiger partial charge is 0.454 e. The van der Waals surface area contributed by atoms with E-state index in [2.05, 4.69) is 36.8 Å². The van der Waals surface area contributed by atoms with Crippen LogP contribution < -0.4 is 15.0 Å². The monoisotopic (exact) mass is 551 g/mol. The molecule has 3 aromatic carbocycles. The minimum absolute atomic E-state index is 0.0925. The smallest absolute Gasteiger partial charge is 0.260 e. The molecule has 1 aliphatic rings. The normalized spacial score (nSPS) is 12.6. The van der Waals surface area contributed by atoms with Crippen LogP contribution in [-0.2, 0) is 0 Å². The molecule has 0 saturated heterocycles. The average Bonchev–Trinajstić information content (AvgIpc) is 3.24. The number of carbonyl (C=O) groups is 1. The van der Waals surface area contributed by atoms with Crippen molar-refractivity contribution in [3.8, 4) is 22.6 Å². The number of hydrogen-bond donors (Lipinski definition) is 1. The Morgan fingerprint density at radius 1 is 0.969 bits per heavy atom. The van der Waals surface area contributed by atoms with E-state index in [0.717, 1.165) is 25.5 Å². The molecule has 0 amide bonds. The number of carbonyl (C=O) groups excluding carboxylic acids is 1. The van der Waals surface area contributed by atoms with E-state index in [-0.39, 0.29) is 12.4 Å². The van der Waals surface area contributed by atoms with Gasteiger partial charge in [-0.1, -0.05) is 62.2 Å². The van der Waals surface area contributed by atoms with E-state index in [4.69, 9.17) is 9.47 Å². The van der Waals surface area contributed by atoms with E-state index in [9.17, 15) is 9.59 Å². The first kappa shape index (κ1) is 20.7. The second-order valence-corrected chi connectivity index (χ2v) is 8.95. The predicted molar refractivity (Wildman–Crippen MR) is 131 cm³/mol. The summed E-state index contributed by atoms with van der Waals surface area (Å²) >= 11 is 6.99. The van der Waals surface area contributed by atoms with Crippen molar-refractivity contribution in [2.75, 3.05) is 6.79 Å². The lowest BCUT2D eigenvalue weighted by Crippen LogP contribution is -2.18. The molecule has 0 bridgehead atoms. The van der Waals surface area contributed by atoms with Crippen molar-refractivity contribution >= 4 is 54.6 Å². The van der Waals surface area contributed by atoms with Crippen molar-refractivity contribution in [2.45, 2.75) is 0 Å². The van der Waals surface area contributed by atoms with Gasteiger partial charge in [0.1, 0.15) is 0 Å². The molecule has 1 aliphatic heterocycles. The topological polar surface area (TPSA) is 68.4 Å². The van der Waals surface area contributed by atoms with Gasteiger partial charge in [0, 0.05) is 25.4 Å². The number of H-pyrrole nitrogens is 1. The number of ether oxygens (including phenoxy) is 2. The van der Waals surface area contributed by atoms with E-state index in [0.29, 0.717) is 22.6 Å². The fourth-order valence-electron chi connectivity index (χ4n) is 3.71. The number of allylic oxidation sites excluding steroid dienone is 1. The summed E-state index contributed by atoms with van der Waals surface area (Å²) in [6, 6.07) is 18.6. The van der Waals surface area contributed by atoms with Gasteiger partial charge in [0.05, 0.1) is 5.56 Å². The second-order valence-electron chi connectivity index (χ2n) is 7.18. The summed E-state index contributed by atoms with van der Waals surface area (Å²) in [6.07, 6.45) is 3.07. The van der Waals surface area contributed by atoms with Crippen LogP contribution in [0, 0.1) is 0 Å². The Kier molecular flexibility index (Phi) is 5.45. The van der Waals surface area contributed by atoms with Crippen molar-refractivity contribution in [2.24, 2.45) is 0 Å². The molecule has 5 nitrogen and oxygen atoms in total. The molecule has 0 radical (unpaired) electrons. The van der Waals surface area contributed by atoms with E-state index in [1.54, 1.807) is 18.2 Å². The quantitative estimate of drug-likeness (QED) is 0.237. The van der Waals surface area contributed by atoms with Gasteiger partial charge in [0.2, 0.25) is 6.79 Å². The van der Waals surface area contributed by atoms with E-state index < -0.39 is 11.3 Å². The van der Waals surface area contributed by atoms with Gasteiger partial charge in [-0.3, -0.25) is 9.59 Å². The number of ketones is 1. The fourth-order valence-corrected chi connectivity index (χ4v) is 4.53. The lowest BCUT2D eigenvalue weighted by Gasteiger charge is -2.12. The Morgan fingerprint density at radius 2 is 1.72 bits per heavy atom. The molecular weight excluding hydrogens is 538 g/mol. The summed E-state index contributed by atoms with van der Waals surface area (Å²) < 4.78 is 12.4. The third kappa shape index (κ3) is 3.78. The number of fused-ring (bicyclic) bond motifs is 2. The molecule has 1 N–H and O–H groups in total. The highest BCUT2D eigenvalue weighted by Gasteiger charge is 2.20. The summed E-state index contributed by atoms with van der Waals surface area (Å²) in [6.45, 7) is 0.163. The van der Waals surface area contributed by atoms with E-state index >= 15 is 0 Å². The Labute approximate surface area is 199 Å². The summed E-state index contributed by atoms with van der Waals surface area (Å²) in [5.41, 5.74) is 2.46. The van der Waals surface area contributed by atoms with Crippen LogP contribution in [0.5, 0.6) is 11.5 Å². The lowest BCUT2D eigenvalue weighted by atomic mass is 9.94. The van der Waals surface area contributed by atoms with Gasteiger partial charge < -0.3 is 14.5 Å². The van der Waals surface area contributed by atoms with Crippen LogP contribution in [0.4, 0.5) is 0 Å². The van der Waals surface area contributed by atoms with Gasteiger partial charge in [-0.05, 0) is 53.6 Å². The number of nitrogens with one attached hydrogen (secondary N) is 1. The molecule has 4 aromatic rings. The molecule has 0 aliphatic carbocycles. The number of rotatable bonds is 4. The Balaban J connectivity index is 1.65. The van der Waals surface area contributed by atoms with Gasteiger partial charge in [0.15, 0.2) is 17.3 Å². The molecule has 2 heterocycles. The van der Waals surface area contributed by atoms with Crippen LogP contribution in [0.25, 0.3) is 28.1 Å². The first-order chi connectivity index (χ1) is 15.5. The highest BCUT2D eigenvalue weighted by molar-refractivity contribution is 9.10. The zero-order valence-electron chi connectivity index (χ0n) is 16.5. The third-order valence-electron chi connectivity index (χ3n) is 5.19. The summed E-state index contributed by atoms with van der Waals surface area (Å²) in [4.78, 5) is 29.2. The van der Waals surface area contributed by atoms with E-state index in [1.165, 1.54) is 6.08 Å². The molecule has 7 heteroatoms. The van der Waals surface area contributed by atoms with Crippen molar-refractivity contribution in [1.82, 2.24) is 4.98 Å². The maximum absolute atomic E-state index is 13.3. The van der Waals surface area contributed by atoms with Gasteiger partial charge in [0.25, 0.3) is 5.56 Å². The standard InChI is InChI=1S/C25H15Br2NO4/c26-16-7-8-19-17(11-16)23(14-4-2-1-3-5-14)24(25(30)28-19)20(29)9-6-15-10-21-22(12-18(15)27)32-13-31-21/h1-12H,13H2,(H,28,30)/b9-6-. The molecular formula is C25H15Br2NO4. The Hall–Kier alpha value is -3.16. The van der Waals surface area contributed by atoms with Crippen molar-refractivity contribution in [3.63, 3.8) is 0 Å². The van der Waals surface area contributed by atoms with Crippen LogP contribution in [0.15, 0.2) is 80.5 Å². The highest BCUT2D eigenvalue weighted by Crippen LogP contribution is 2.37. The van der Waals surface area contributed by atoms with Crippen LogP contribution >= 0.6 is 31.9 Å². The number of halogens is 2. The number of hydrogen-bond acceptors (Lipinski definition) is 4. The molecule has 5 rings (SSSR count). The average molecular weight is 553 g/mol. The Bertz CT molecular complexity index is 1460. The zero-order valence-corrected chi connectivity index (χ0v) is 19.7. The lowest BCUT2D eigenvalue weighted by molar-refractivity contribution is 0.104. The molecule has 0 spiro atoms. The maximum Gasteiger partial charge on any atom is 0.260 e. The van der Waals surface area contributed by atoms with E-state index in [1.807, 2.05) is 48.5 Å². The summed E-state index contributed by atoms with van der Waals surface area (Å²) in [5.74, 6) is 0.860. The Morgan fingerprint density at radius 3 is 2.50 bits per heavy atom. The van der Waals surface area contributed by atoms with Crippen LogP contribution in [-0.4, -0.2) is 17.6 Å². The number of aromatic amines is 1. The molecule has 0 atom stereocenters. The van der Waals surface area contributed by atoms with Crippen molar-refractivity contribution < 1.29 is 14.3 Å². The first-order valence-electron chi connectivity index (χ1n) is 9.74. The van der Waals surface area contributed by atoms with Crippen LogP contribution in [0.3, 0.4) is 0 Å². The fraction of sp³-hybridized carbons (Fsp3) is 0.0400. The van der Waals surface area contributed by atoms with Crippen LogP contribution in [0.1, 0.15) is 15.9 Å². The molecule has 1 aromatic heterocycles. The number of aromatic nitrogens is 1. The maximum atomic E-state index is 13.3. The SMILES string of the molecule is O=C(/C=C\c1cc2c(cc1Br)OCO2)c1c(-c2ccccc2)c2cc(Br)ccc2[nH]c1=O. The molecule has 32 heavy (non-hydrogen) atoms. The summed E-state index contributed by atoms with van der Waals surface area (Å²) in [7, 11) is 0. The molecule has 0 unspecified atom stereocenters. The van der Waals surface area contributed by atoms with Gasteiger partial charge in [-0.15, -0.1) is 0 Å². The van der Waals surface area contributed by atoms with Crippen molar-refractivity contribution in [3.05, 3.63) is 97.2 Å². The molecule has 158 valence electrons. The minimum Gasteiger partial charge on any atom is -0.454 e. The van der Waals surface area contributed by atoms with Gasteiger partial charge in [-0.2, -0.15) is 0 Å². The summed E-state index contributed by atoms with van der Waals surface area (Å²) in [5, 5.41) is 0.784. The first-order valence-corrected chi connectivity index (χ1v) is 11.3.